The number of halogens is 4. The summed E-state index contributed by atoms with van der Waals surface area (Å²) in [6.07, 6.45) is 1.53. The van der Waals surface area contributed by atoms with Crippen molar-refractivity contribution in [2.75, 3.05) is 37.0 Å². The summed E-state index contributed by atoms with van der Waals surface area (Å²) in [7, 11) is 1.56. The van der Waals surface area contributed by atoms with Crippen LogP contribution in [0.5, 0.6) is 0 Å². The number of thioether (sulfide) groups is 1. The van der Waals surface area contributed by atoms with E-state index >= 15 is 0 Å². The number of quaternary nitrogens is 1. The van der Waals surface area contributed by atoms with Gasteiger partial charge in [0, 0.05) is 17.7 Å². The predicted octanol–water partition coefficient (Wildman–Crippen LogP) is 3.93. The minimum absolute atomic E-state index is 0.138. The van der Waals surface area contributed by atoms with E-state index in [1.54, 1.807) is 61.6 Å². The molecule has 0 bridgehead atoms. The lowest BCUT2D eigenvalue weighted by Crippen LogP contribution is -2.61. The molecule has 6 amide bonds. The molecule has 0 fully saturated rings. The molecule has 0 aromatic heterocycles. The lowest BCUT2D eigenvalue weighted by molar-refractivity contribution is -0.862. The maximum Gasteiger partial charge on any atom is 0.318 e. The third kappa shape index (κ3) is 14.5. The van der Waals surface area contributed by atoms with Crippen LogP contribution in [0.4, 0.5) is 23.2 Å². The molecule has 4 aromatic rings. The molecule has 0 aliphatic rings. The summed E-state index contributed by atoms with van der Waals surface area (Å²) >= 11 is 1.47. The van der Waals surface area contributed by atoms with E-state index in [0.29, 0.717) is 17.5 Å². The zero-order chi connectivity index (χ0) is 43.7. The Morgan fingerprint density at radius 1 is 0.712 bits per heavy atom. The molecular weight excluding hydrogens is 793 g/mol. The van der Waals surface area contributed by atoms with Crippen LogP contribution in [0.1, 0.15) is 30.0 Å². The second-order valence-corrected chi connectivity index (χ2v) is 14.5. The van der Waals surface area contributed by atoms with Crippen LogP contribution in [0.2, 0.25) is 0 Å². The minimum atomic E-state index is -1.00. The summed E-state index contributed by atoms with van der Waals surface area (Å²) in [5.41, 5.74) is 12.1. The van der Waals surface area contributed by atoms with Crippen LogP contribution in [-0.2, 0) is 48.2 Å². The molecule has 0 aliphatic heterocycles. The number of para-hydroxylation sites is 1. The van der Waals surface area contributed by atoms with Crippen LogP contribution in [0.25, 0.3) is 0 Å². The zero-order valence-corrected chi connectivity index (χ0v) is 33.6. The number of benzene rings is 4. The van der Waals surface area contributed by atoms with Crippen LogP contribution in [0, 0.1) is 23.3 Å². The van der Waals surface area contributed by atoms with Crippen LogP contribution >= 0.6 is 11.8 Å². The first-order chi connectivity index (χ1) is 28.0. The highest BCUT2D eigenvalue weighted by Gasteiger charge is 2.42. The summed E-state index contributed by atoms with van der Waals surface area (Å²) in [6.45, 7) is 0.929. The molecule has 0 saturated heterocycles. The van der Waals surface area contributed by atoms with Crippen molar-refractivity contribution in [2.24, 2.45) is 11.5 Å². The smallest absolute Gasteiger partial charge is 0.318 e. The number of imide groups is 2. The molecule has 0 saturated carbocycles. The van der Waals surface area contributed by atoms with E-state index in [2.05, 4.69) is 10.6 Å². The Hall–Kier alpha value is -5.75. The SMILES string of the molecule is CSCC[C@H](NC(=O)Cc1cc(F)cc(F)c1)C(=O)N(C(=O)CN)c1ccccc1.C[C@@H](C(=O)NC(=O)CN)[N+](C)(Cc1ccccc1)C(=O)Cc1cc(F)cc(F)c1. The Morgan fingerprint density at radius 2 is 1.22 bits per heavy atom. The summed E-state index contributed by atoms with van der Waals surface area (Å²) < 4.78 is 53.4. The molecule has 0 aliphatic carbocycles. The first kappa shape index (κ1) is 47.6. The normalized spacial score (nSPS) is 12.8. The molecule has 314 valence electrons. The van der Waals surface area contributed by atoms with Crippen molar-refractivity contribution in [1.82, 2.24) is 10.6 Å². The van der Waals surface area contributed by atoms with E-state index in [4.69, 9.17) is 11.5 Å². The molecule has 0 radical (unpaired) electrons. The van der Waals surface area contributed by atoms with Gasteiger partial charge in [0.2, 0.25) is 17.7 Å². The quantitative estimate of drug-likeness (QED) is 0.0961. The van der Waals surface area contributed by atoms with E-state index < -0.39 is 75.3 Å². The number of likely N-dealkylation sites (N-methyl/N-ethyl adjacent to an activating group) is 1. The van der Waals surface area contributed by atoms with Gasteiger partial charge in [-0.1, -0.05) is 48.5 Å². The van der Waals surface area contributed by atoms with Crippen molar-refractivity contribution in [3.8, 4) is 0 Å². The number of rotatable bonds is 16. The lowest BCUT2D eigenvalue weighted by atomic mass is 10.1. The Balaban J connectivity index is 0.000000316. The standard InChI is InChI=1S/C21H23F2N3O3S.C21H23F2N3O3/c1-30-8-7-18(25-19(27)11-14-9-15(22)12-16(23)10-14)21(29)26(20(28)13-24)17-5-3-2-4-6-17;1-14(21(29)25-19(27)12-24)26(2,13-15-6-4-3-5-7-15)20(28)10-16-8-17(22)11-18(23)9-16/h2-6,9-10,12,18H,7-8,11,13,24H2,1H3,(H,25,27);3-9,11,14H,10,12-13,24H2,1-2H3/p+1/t18-;14-,26?/m00/s1. The monoisotopic (exact) mass is 839 g/mol. The van der Waals surface area contributed by atoms with Gasteiger partial charge in [0.05, 0.1) is 38.7 Å². The van der Waals surface area contributed by atoms with Gasteiger partial charge in [-0.2, -0.15) is 11.8 Å². The van der Waals surface area contributed by atoms with Crippen molar-refractivity contribution in [3.63, 3.8) is 0 Å². The molecule has 0 spiro atoms. The number of hydrogen-bond acceptors (Lipinski definition) is 9. The first-order valence-electron chi connectivity index (χ1n) is 18.3. The third-order valence-corrected chi connectivity index (χ3v) is 9.72. The fraction of sp³-hybridized carbons (Fsp3) is 0.286. The van der Waals surface area contributed by atoms with Gasteiger partial charge in [-0.05, 0) is 72.9 Å². The van der Waals surface area contributed by atoms with Crippen molar-refractivity contribution >= 4 is 52.9 Å². The van der Waals surface area contributed by atoms with E-state index in [1.165, 1.54) is 18.7 Å². The van der Waals surface area contributed by atoms with Gasteiger partial charge in [-0.25, -0.2) is 31.7 Å². The maximum absolute atomic E-state index is 13.5. The van der Waals surface area contributed by atoms with Gasteiger partial charge in [0.15, 0.2) is 6.04 Å². The summed E-state index contributed by atoms with van der Waals surface area (Å²) in [4.78, 5) is 76.2. The number of anilines is 1. The average molecular weight is 840 g/mol. The van der Waals surface area contributed by atoms with Gasteiger partial charge in [0.25, 0.3) is 11.8 Å². The fourth-order valence-corrected chi connectivity index (χ4v) is 6.35. The van der Waals surface area contributed by atoms with Crippen LogP contribution < -0.4 is 27.0 Å². The van der Waals surface area contributed by atoms with E-state index in [1.807, 2.05) is 12.3 Å². The molecule has 17 heteroatoms. The van der Waals surface area contributed by atoms with Crippen molar-refractivity contribution in [2.45, 2.75) is 44.8 Å². The molecule has 4 aromatic carbocycles. The number of carbonyl (C=O) groups excluding carboxylic acids is 6. The highest BCUT2D eigenvalue weighted by Crippen LogP contribution is 2.22. The van der Waals surface area contributed by atoms with Crippen LogP contribution in [0.3, 0.4) is 0 Å². The minimum Gasteiger partial charge on any atom is -0.344 e. The summed E-state index contributed by atoms with van der Waals surface area (Å²) in [6, 6.07) is 21.1. The van der Waals surface area contributed by atoms with Gasteiger partial charge in [-0.15, -0.1) is 0 Å². The van der Waals surface area contributed by atoms with Gasteiger partial charge < -0.3 is 16.8 Å². The number of nitrogens with zero attached hydrogens (tertiary/aromatic N) is 2. The van der Waals surface area contributed by atoms with Gasteiger partial charge in [-0.3, -0.25) is 29.3 Å². The molecular formula is C42H47F4N6O6S+. The molecule has 0 heterocycles. The second-order valence-electron chi connectivity index (χ2n) is 13.5. The number of amides is 6. The van der Waals surface area contributed by atoms with Crippen molar-refractivity contribution < 1.29 is 50.8 Å². The number of nitrogens with one attached hydrogen (secondary N) is 2. The maximum atomic E-state index is 13.5. The van der Waals surface area contributed by atoms with Crippen molar-refractivity contribution in [3.05, 3.63) is 137 Å². The zero-order valence-electron chi connectivity index (χ0n) is 32.8. The number of carbonyl (C=O) groups is 6. The predicted molar refractivity (Wildman–Crippen MR) is 216 cm³/mol. The topological polar surface area (TPSA) is 182 Å². The molecule has 12 nitrogen and oxygen atoms in total. The largest absolute Gasteiger partial charge is 0.344 e. The number of nitrogens with two attached hydrogens (primary N) is 2. The van der Waals surface area contributed by atoms with Crippen molar-refractivity contribution in [1.29, 1.82) is 0 Å². The second kappa shape index (κ2) is 23.0. The highest BCUT2D eigenvalue weighted by molar-refractivity contribution is 7.98. The van der Waals surface area contributed by atoms with E-state index in [0.717, 1.165) is 40.8 Å². The van der Waals surface area contributed by atoms with E-state index in [9.17, 15) is 46.3 Å². The molecule has 6 N–H and O–H groups in total. The average Bonchev–Trinajstić information content (AvgIpc) is 3.19. The molecule has 3 atom stereocenters. The Kier molecular flexibility index (Phi) is 18.6. The first-order valence-corrected chi connectivity index (χ1v) is 19.7. The Bertz CT molecular complexity index is 2060. The van der Waals surface area contributed by atoms with Gasteiger partial charge >= 0.3 is 5.91 Å². The van der Waals surface area contributed by atoms with E-state index in [-0.39, 0.29) is 50.0 Å². The summed E-state index contributed by atoms with van der Waals surface area (Å²) in [5.74, 6) is -6.18. The van der Waals surface area contributed by atoms with Gasteiger partial charge in [0.1, 0.15) is 35.9 Å². The number of hydrogen-bond donors (Lipinski definition) is 4. The molecule has 1 unspecified atom stereocenters. The molecule has 59 heavy (non-hydrogen) atoms. The molecule has 4 rings (SSSR count). The lowest BCUT2D eigenvalue weighted by Gasteiger charge is -2.36. The Labute approximate surface area is 343 Å². The Morgan fingerprint density at radius 3 is 1.71 bits per heavy atom. The van der Waals surface area contributed by atoms with Crippen LogP contribution in [0.15, 0.2) is 97.1 Å². The fourth-order valence-electron chi connectivity index (χ4n) is 5.88. The summed E-state index contributed by atoms with van der Waals surface area (Å²) in [5, 5.41) is 4.75. The third-order valence-electron chi connectivity index (χ3n) is 9.07. The highest BCUT2D eigenvalue weighted by atomic mass is 32.2. The van der Waals surface area contributed by atoms with Crippen LogP contribution in [-0.4, -0.2) is 84.2 Å².